The third kappa shape index (κ3) is 2.60. The highest BCUT2D eigenvalue weighted by Crippen LogP contribution is 2.27. The first-order chi connectivity index (χ1) is 11.3. The largest absolute Gasteiger partial charge is 0.382 e. The maximum atomic E-state index is 5.89. The van der Waals surface area contributed by atoms with Crippen molar-refractivity contribution in [1.82, 2.24) is 15.2 Å². The fourth-order valence-corrected chi connectivity index (χ4v) is 2.56. The van der Waals surface area contributed by atoms with E-state index in [0.717, 1.165) is 33.5 Å². The quantitative estimate of drug-likeness (QED) is 0.535. The molecule has 0 atom stereocenters. The maximum Gasteiger partial charge on any atom is 0.153 e. The Morgan fingerprint density at radius 3 is 2.61 bits per heavy atom. The summed E-state index contributed by atoms with van der Waals surface area (Å²) >= 11 is 0. The van der Waals surface area contributed by atoms with Gasteiger partial charge in [0.15, 0.2) is 5.82 Å². The lowest BCUT2D eigenvalue weighted by Gasteiger charge is -2.08. The van der Waals surface area contributed by atoms with Gasteiger partial charge < -0.3 is 11.1 Å². The third-order valence-electron chi connectivity index (χ3n) is 3.73. The average Bonchev–Trinajstić information content (AvgIpc) is 2.97. The van der Waals surface area contributed by atoms with Gasteiger partial charge in [-0.15, -0.1) is 0 Å². The van der Waals surface area contributed by atoms with Gasteiger partial charge in [-0.3, -0.25) is 5.10 Å². The van der Waals surface area contributed by atoms with Gasteiger partial charge in [-0.25, -0.2) is 4.98 Å². The van der Waals surface area contributed by atoms with E-state index in [0.29, 0.717) is 5.82 Å². The van der Waals surface area contributed by atoms with E-state index in [1.165, 1.54) is 0 Å². The molecule has 5 heteroatoms. The minimum atomic E-state index is 0.513. The van der Waals surface area contributed by atoms with Crippen LogP contribution in [0.1, 0.15) is 0 Å². The van der Waals surface area contributed by atoms with Gasteiger partial charge in [0.25, 0.3) is 0 Å². The summed E-state index contributed by atoms with van der Waals surface area (Å²) in [5.41, 5.74) is 9.97. The minimum absolute atomic E-state index is 0.513. The maximum absolute atomic E-state index is 5.89. The monoisotopic (exact) mass is 301 g/mol. The number of para-hydroxylation sites is 1. The second-order valence-corrected chi connectivity index (χ2v) is 5.29. The van der Waals surface area contributed by atoms with E-state index in [4.69, 9.17) is 5.73 Å². The molecule has 0 saturated heterocycles. The van der Waals surface area contributed by atoms with Crippen molar-refractivity contribution in [3.05, 3.63) is 66.9 Å². The van der Waals surface area contributed by atoms with Crippen LogP contribution in [0.15, 0.2) is 66.9 Å². The molecule has 2 aromatic carbocycles. The fourth-order valence-electron chi connectivity index (χ4n) is 2.56. The molecule has 4 aromatic rings. The van der Waals surface area contributed by atoms with E-state index in [9.17, 15) is 0 Å². The molecule has 2 aromatic heterocycles. The smallest absolute Gasteiger partial charge is 0.153 e. The van der Waals surface area contributed by atoms with Crippen LogP contribution in [0.3, 0.4) is 0 Å². The van der Waals surface area contributed by atoms with Crippen LogP contribution in [0.25, 0.3) is 22.0 Å². The predicted molar refractivity (Wildman–Crippen MR) is 93.5 cm³/mol. The summed E-state index contributed by atoms with van der Waals surface area (Å²) in [6.07, 6.45) is 1.80. The predicted octanol–water partition coefficient (Wildman–Crippen LogP) is 3.95. The number of hydrogen-bond acceptors (Lipinski definition) is 4. The van der Waals surface area contributed by atoms with Gasteiger partial charge in [0.2, 0.25) is 0 Å². The Morgan fingerprint density at radius 2 is 1.74 bits per heavy atom. The van der Waals surface area contributed by atoms with Gasteiger partial charge in [0.05, 0.1) is 5.52 Å². The molecule has 2 heterocycles. The van der Waals surface area contributed by atoms with Crippen LogP contribution in [0.4, 0.5) is 17.3 Å². The zero-order chi connectivity index (χ0) is 15.6. The van der Waals surface area contributed by atoms with Crippen molar-refractivity contribution in [3.8, 4) is 11.1 Å². The number of nitrogens with zero attached hydrogens (tertiary/aromatic N) is 2. The molecule has 4 N–H and O–H groups in total. The number of H-pyrrole nitrogens is 1. The van der Waals surface area contributed by atoms with E-state index in [1.807, 2.05) is 60.7 Å². The molecule has 0 spiro atoms. The molecular formula is C18H15N5. The van der Waals surface area contributed by atoms with E-state index in [2.05, 4.69) is 20.5 Å². The Kier molecular flexibility index (Phi) is 3.16. The first kappa shape index (κ1) is 13.3. The lowest BCUT2D eigenvalue weighted by atomic mass is 10.0. The topological polar surface area (TPSA) is 79.6 Å². The van der Waals surface area contributed by atoms with Crippen LogP contribution < -0.4 is 11.1 Å². The van der Waals surface area contributed by atoms with E-state index < -0.39 is 0 Å². The van der Waals surface area contributed by atoms with E-state index in [-0.39, 0.29) is 0 Å². The van der Waals surface area contributed by atoms with E-state index >= 15 is 0 Å². The van der Waals surface area contributed by atoms with Crippen LogP contribution in [0, 0.1) is 0 Å². The summed E-state index contributed by atoms with van der Waals surface area (Å²) < 4.78 is 0. The third-order valence-corrected chi connectivity index (χ3v) is 3.73. The number of aromatic amines is 1. The molecule has 0 radical (unpaired) electrons. The molecule has 0 aliphatic heterocycles. The summed E-state index contributed by atoms with van der Waals surface area (Å²) in [4.78, 5) is 4.38. The van der Waals surface area contributed by atoms with Gasteiger partial charge in [-0.05, 0) is 47.5 Å². The van der Waals surface area contributed by atoms with Gasteiger partial charge >= 0.3 is 0 Å². The molecule has 0 fully saturated rings. The summed E-state index contributed by atoms with van der Waals surface area (Å²) in [7, 11) is 0. The number of rotatable bonds is 3. The molecule has 0 amide bonds. The number of nitrogens with two attached hydrogens (primary N) is 1. The summed E-state index contributed by atoms with van der Waals surface area (Å²) in [5.74, 6) is 1.31. The van der Waals surface area contributed by atoms with Crippen molar-refractivity contribution < 1.29 is 0 Å². The highest BCUT2D eigenvalue weighted by molar-refractivity contribution is 5.92. The molecule has 0 aliphatic carbocycles. The Bertz CT molecular complexity index is 959. The molecule has 23 heavy (non-hydrogen) atoms. The van der Waals surface area contributed by atoms with Crippen molar-refractivity contribution in [2.24, 2.45) is 0 Å². The Labute approximate surface area is 133 Å². The van der Waals surface area contributed by atoms with Crippen LogP contribution in [0.5, 0.6) is 0 Å². The van der Waals surface area contributed by atoms with Crippen LogP contribution in [-0.4, -0.2) is 15.2 Å². The second kappa shape index (κ2) is 5.46. The van der Waals surface area contributed by atoms with Crippen molar-refractivity contribution in [2.45, 2.75) is 0 Å². The number of anilines is 3. The first-order valence-corrected chi connectivity index (χ1v) is 7.32. The summed E-state index contributed by atoms with van der Waals surface area (Å²) in [6, 6.07) is 20.0. The first-order valence-electron chi connectivity index (χ1n) is 7.32. The zero-order valence-corrected chi connectivity index (χ0v) is 12.3. The Morgan fingerprint density at radius 1 is 0.913 bits per heavy atom. The number of hydrogen-bond donors (Lipinski definition) is 3. The normalized spacial score (nSPS) is 10.8. The number of nitrogens with one attached hydrogen (secondary N) is 2. The Balaban J connectivity index is 1.70. The lowest BCUT2D eigenvalue weighted by molar-refractivity contribution is 1.13. The van der Waals surface area contributed by atoms with E-state index in [1.54, 1.807) is 6.20 Å². The fraction of sp³-hybridized carbons (Fsp3) is 0. The molecule has 4 rings (SSSR count). The standard InChI is InChI=1S/C18H15N5/c19-18-15-10-12(6-7-16(15)22-23-18)13-8-9-20-17(11-13)21-14-4-2-1-3-5-14/h1-11H,(H,20,21)(H3,19,22,23). The van der Waals surface area contributed by atoms with Crippen molar-refractivity contribution in [2.75, 3.05) is 11.1 Å². The van der Waals surface area contributed by atoms with Crippen LogP contribution in [0.2, 0.25) is 0 Å². The number of aromatic nitrogens is 3. The summed E-state index contributed by atoms with van der Waals surface area (Å²) in [6.45, 7) is 0. The highest BCUT2D eigenvalue weighted by Gasteiger charge is 2.06. The van der Waals surface area contributed by atoms with Crippen molar-refractivity contribution >= 4 is 28.2 Å². The minimum Gasteiger partial charge on any atom is -0.382 e. The summed E-state index contributed by atoms with van der Waals surface area (Å²) in [5, 5.41) is 11.2. The van der Waals surface area contributed by atoms with Crippen molar-refractivity contribution in [3.63, 3.8) is 0 Å². The molecule has 112 valence electrons. The van der Waals surface area contributed by atoms with Gasteiger partial charge in [0.1, 0.15) is 5.82 Å². The van der Waals surface area contributed by atoms with Crippen LogP contribution >= 0.6 is 0 Å². The molecule has 0 saturated carbocycles. The van der Waals surface area contributed by atoms with Gasteiger partial charge in [-0.2, -0.15) is 5.10 Å². The zero-order valence-electron chi connectivity index (χ0n) is 12.3. The number of pyridine rings is 1. The number of nitrogen functional groups attached to an aromatic ring is 1. The number of benzene rings is 2. The molecular weight excluding hydrogens is 286 g/mol. The molecule has 5 nitrogen and oxygen atoms in total. The molecule has 0 unspecified atom stereocenters. The molecule has 0 bridgehead atoms. The van der Waals surface area contributed by atoms with Gasteiger partial charge in [-0.1, -0.05) is 24.3 Å². The highest BCUT2D eigenvalue weighted by atomic mass is 15.1. The van der Waals surface area contributed by atoms with Gasteiger partial charge in [0, 0.05) is 17.3 Å². The second-order valence-electron chi connectivity index (χ2n) is 5.29. The number of fused-ring (bicyclic) bond motifs is 1. The average molecular weight is 301 g/mol. The van der Waals surface area contributed by atoms with Crippen LogP contribution in [-0.2, 0) is 0 Å². The molecule has 0 aliphatic rings. The lowest BCUT2D eigenvalue weighted by Crippen LogP contribution is -1.93. The SMILES string of the molecule is Nc1n[nH]c2ccc(-c3ccnc(Nc4ccccc4)c3)cc12. The Hall–Kier alpha value is -3.34. The van der Waals surface area contributed by atoms with Crippen molar-refractivity contribution in [1.29, 1.82) is 0 Å².